The van der Waals surface area contributed by atoms with Crippen molar-refractivity contribution in [1.82, 2.24) is 0 Å². The molecule has 1 N–H and O–H groups in total. The molecule has 1 heterocycles. The molecular weight excluding hydrogens is 473 g/mol. The van der Waals surface area contributed by atoms with Crippen LogP contribution in [0.25, 0.3) is 27.7 Å². The molecule has 0 unspecified atom stereocenters. The fourth-order valence-corrected chi connectivity index (χ4v) is 3.74. The van der Waals surface area contributed by atoms with Gasteiger partial charge in [0.15, 0.2) is 0 Å². The molecule has 0 radical (unpaired) electrons. The number of rotatable bonds is 6. The Bertz CT molecular complexity index is 1290. The number of hydrogen-bond donors (Lipinski definition) is 1. The van der Waals surface area contributed by atoms with Gasteiger partial charge in [-0.15, -0.1) is 0 Å². The minimum Gasteiger partial charge on any atom is -0.493 e. The SMILES string of the molecule is CCOc1cc2occ(-c3ccc(Br)cc3)c2cc1/C(C)=C/C(=O)Nc1ccc(F)cc1. The first-order valence-corrected chi connectivity index (χ1v) is 10.9. The van der Waals surface area contributed by atoms with E-state index in [2.05, 4.69) is 21.2 Å². The van der Waals surface area contributed by atoms with Crippen LogP contribution in [0.1, 0.15) is 19.4 Å². The zero-order chi connectivity index (χ0) is 22.7. The Morgan fingerprint density at radius 2 is 1.84 bits per heavy atom. The largest absolute Gasteiger partial charge is 0.493 e. The van der Waals surface area contributed by atoms with E-state index in [1.807, 2.05) is 50.2 Å². The average Bonchev–Trinajstić information content (AvgIpc) is 3.18. The minimum absolute atomic E-state index is 0.308. The number of nitrogens with one attached hydrogen (secondary N) is 1. The number of anilines is 1. The van der Waals surface area contributed by atoms with Gasteiger partial charge in [0, 0.05) is 38.8 Å². The van der Waals surface area contributed by atoms with Crippen LogP contribution in [0.5, 0.6) is 5.75 Å². The number of ether oxygens (including phenoxy) is 1. The highest BCUT2D eigenvalue weighted by Gasteiger charge is 2.15. The Balaban J connectivity index is 1.71. The molecule has 4 aromatic rings. The second-order valence-electron chi connectivity index (χ2n) is 7.26. The molecule has 32 heavy (non-hydrogen) atoms. The lowest BCUT2D eigenvalue weighted by Crippen LogP contribution is -2.08. The second kappa shape index (κ2) is 9.40. The van der Waals surface area contributed by atoms with Crippen LogP contribution in [-0.4, -0.2) is 12.5 Å². The number of carbonyl (C=O) groups excluding carboxylic acids is 1. The molecule has 1 aromatic heterocycles. The Hall–Kier alpha value is -3.38. The van der Waals surface area contributed by atoms with E-state index in [0.717, 1.165) is 32.1 Å². The van der Waals surface area contributed by atoms with Gasteiger partial charge in [0.2, 0.25) is 5.91 Å². The summed E-state index contributed by atoms with van der Waals surface area (Å²) in [5.41, 5.74) is 4.75. The summed E-state index contributed by atoms with van der Waals surface area (Å²) in [6, 6.07) is 17.5. The summed E-state index contributed by atoms with van der Waals surface area (Å²) in [5.74, 6) is -0.0249. The fraction of sp³-hybridized carbons (Fsp3) is 0.115. The summed E-state index contributed by atoms with van der Waals surface area (Å²) in [5, 5.41) is 3.68. The number of allylic oxidation sites excluding steroid dienone is 1. The highest BCUT2D eigenvalue weighted by Crippen LogP contribution is 2.37. The number of benzene rings is 3. The lowest BCUT2D eigenvalue weighted by atomic mass is 9.99. The molecule has 0 saturated carbocycles. The minimum atomic E-state index is -0.355. The van der Waals surface area contributed by atoms with E-state index >= 15 is 0 Å². The van der Waals surface area contributed by atoms with Crippen LogP contribution < -0.4 is 10.1 Å². The number of furan rings is 1. The molecule has 0 aliphatic carbocycles. The molecule has 0 spiro atoms. The van der Waals surface area contributed by atoms with Crippen molar-refractivity contribution in [3.8, 4) is 16.9 Å². The van der Waals surface area contributed by atoms with E-state index in [0.29, 0.717) is 23.6 Å². The van der Waals surface area contributed by atoms with E-state index in [9.17, 15) is 9.18 Å². The maximum Gasteiger partial charge on any atom is 0.248 e. The molecule has 0 aliphatic rings. The topological polar surface area (TPSA) is 51.5 Å². The average molecular weight is 494 g/mol. The van der Waals surface area contributed by atoms with Crippen LogP contribution in [0.3, 0.4) is 0 Å². The molecule has 0 fully saturated rings. The van der Waals surface area contributed by atoms with Crippen molar-refractivity contribution < 1.29 is 18.3 Å². The number of halogens is 2. The van der Waals surface area contributed by atoms with Gasteiger partial charge in [0.25, 0.3) is 0 Å². The molecule has 0 atom stereocenters. The lowest BCUT2D eigenvalue weighted by Gasteiger charge is -2.12. The van der Waals surface area contributed by atoms with Gasteiger partial charge < -0.3 is 14.5 Å². The number of amides is 1. The van der Waals surface area contributed by atoms with Gasteiger partial charge in [0.1, 0.15) is 17.1 Å². The predicted octanol–water partition coefficient (Wildman–Crippen LogP) is 7.44. The fourth-order valence-electron chi connectivity index (χ4n) is 3.48. The Morgan fingerprint density at radius 3 is 2.53 bits per heavy atom. The first kappa shape index (κ1) is 21.8. The van der Waals surface area contributed by atoms with Crippen LogP contribution in [-0.2, 0) is 4.79 Å². The van der Waals surface area contributed by atoms with Gasteiger partial charge in [-0.2, -0.15) is 0 Å². The molecule has 0 saturated heterocycles. The molecule has 0 aliphatic heterocycles. The normalized spacial score (nSPS) is 11.6. The van der Waals surface area contributed by atoms with E-state index in [1.54, 1.807) is 6.26 Å². The van der Waals surface area contributed by atoms with Gasteiger partial charge >= 0.3 is 0 Å². The van der Waals surface area contributed by atoms with Crippen molar-refractivity contribution in [1.29, 1.82) is 0 Å². The number of hydrogen-bond acceptors (Lipinski definition) is 3. The first-order chi connectivity index (χ1) is 15.4. The van der Waals surface area contributed by atoms with Crippen molar-refractivity contribution >= 4 is 44.1 Å². The summed E-state index contributed by atoms with van der Waals surface area (Å²) < 4.78 is 25.7. The summed E-state index contributed by atoms with van der Waals surface area (Å²) in [6.07, 6.45) is 3.24. The van der Waals surface area contributed by atoms with Crippen LogP contribution in [0.4, 0.5) is 10.1 Å². The maximum absolute atomic E-state index is 13.1. The molecule has 162 valence electrons. The molecular formula is C26H21BrFNO3. The van der Waals surface area contributed by atoms with Gasteiger partial charge in [-0.3, -0.25) is 4.79 Å². The van der Waals surface area contributed by atoms with Crippen molar-refractivity contribution in [3.05, 3.63) is 88.9 Å². The van der Waals surface area contributed by atoms with E-state index < -0.39 is 0 Å². The molecule has 6 heteroatoms. The van der Waals surface area contributed by atoms with Gasteiger partial charge in [-0.25, -0.2) is 4.39 Å². The van der Waals surface area contributed by atoms with Crippen molar-refractivity contribution in [2.24, 2.45) is 0 Å². The van der Waals surface area contributed by atoms with Crippen molar-refractivity contribution in [3.63, 3.8) is 0 Å². The van der Waals surface area contributed by atoms with E-state index in [-0.39, 0.29) is 11.7 Å². The van der Waals surface area contributed by atoms with Crippen molar-refractivity contribution in [2.45, 2.75) is 13.8 Å². The monoisotopic (exact) mass is 493 g/mol. The summed E-state index contributed by atoms with van der Waals surface area (Å²) >= 11 is 3.46. The molecule has 4 nitrogen and oxygen atoms in total. The first-order valence-electron chi connectivity index (χ1n) is 10.1. The summed E-state index contributed by atoms with van der Waals surface area (Å²) in [6.45, 7) is 4.24. The number of fused-ring (bicyclic) bond motifs is 1. The Morgan fingerprint density at radius 1 is 1.12 bits per heavy atom. The lowest BCUT2D eigenvalue weighted by molar-refractivity contribution is -0.111. The van der Waals surface area contributed by atoms with Gasteiger partial charge in [0.05, 0.1) is 12.9 Å². The standard InChI is InChI=1S/C26H21BrFNO3/c1-3-31-24-14-25-22(23(15-32-25)17-4-6-18(27)7-5-17)13-21(24)16(2)12-26(30)29-20-10-8-19(28)9-11-20/h4-15H,3H2,1-2H3,(H,29,30)/b16-12+. The molecule has 4 rings (SSSR count). The second-order valence-corrected chi connectivity index (χ2v) is 8.17. The maximum atomic E-state index is 13.1. The third kappa shape index (κ3) is 4.75. The highest BCUT2D eigenvalue weighted by atomic mass is 79.9. The third-order valence-electron chi connectivity index (χ3n) is 5.01. The Kier molecular flexibility index (Phi) is 6.42. The van der Waals surface area contributed by atoms with Crippen LogP contribution in [0, 0.1) is 5.82 Å². The molecule has 3 aromatic carbocycles. The highest BCUT2D eigenvalue weighted by molar-refractivity contribution is 9.10. The zero-order valence-corrected chi connectivity index (χ0v) is 19.2. The zero-order valence-electron chi connectivity index (χ0n) is 17.6. The van der Waals surface area contributed by atoms with Crippen LogP contribution in [0.2, 0.25) is 0 Å². The quantitative estimate of drug-likeness (QED) is 0.284. The van der Waals surface area contributed by atoms with Crippen LogP contribution in [0.15, 0.2) is 81.9 Å². The van der Waals surface area contributed by atoms with Crippen LogP contribution >= 0.6 is 15.9 Å². The molecule has 0 bridgehead atoms. The summed E-state index contributed by atoms with van der Waals surface area (Å²) in [4.78, 5) is 12.5. The van der Waals surface area contributed by atoms with Gasteiger partial charge in [-0.05, 0) is 67.4 Å². The predicted molar refractivity (Wildman–Crippen MR) is 129 cm³/mol. The smallest absolute Gasteiger partial charge is 0.248 e. The van der Waals surface area contributed by atoms with Crippen molar-refractivity contribution in [2.75, 3.05) is 11.9 Å². The number of carbonyl (C=O) groups is 1. The molecule has 1 amide bonds. The summed E-state index contributed by atoms with van der Waals surface area (Å²) in [7, 11) is 0. The van der Waals surface area contributed by atoms with Gasteiger partial charge in [-0.1, -0.05) is 28.1 Å². The van der Waals surface area contributed by atoms with E-state index in [1.165, 1.54) is 30.3 Å². The third-order valence-corrected chi connectivity index (χ3v) is 5.54. The Labute approximate surface area is 193 Å². The van der Waals surface area contributed by atoms with E-state index in [4.69, 9.17) is 9.15 Å².